The zero-order chi connectivity index (χ0) is 14.7. The summed E-state index contributed by atoms with van der Waals surface area (Å²) in [5.74, 6) is -0.389. The van der Waals surface area contributed by atoms with Crippen LogP contribution in [0.3, 0.4) is 0 Å². The number of likely N-dealkylation sites (tertiary alicyclic amines) is 1. The van der Waals surface area contributed by atoms with Gasteiger partial charge in [-0.05, 0) is 17.4 Å². The van der Waals surface area contributed by atoms with E-state index in [1.54, 1.807) is 16.2 Å². The standard InChI is InChI=1S/C14H20N2O3S/c1-9(2)13(11-4-3-5-20-11)15-14(19)16-7-10(8-16)6-12(17)18/h3-5,9-10,13H,6-8H2,1-2H3,(H,15,19)(H,17,18). The van der Waals surface area contributed by atoms with E-state index in [1.165, 1.54) is 0 Å². The minimum absolute atomic E-state index is 0.0148. The zero-order valence-electron chi connectivity index (χ0n) is 11.7. The second-order valence-corrected chi connectivity index (χ2v) is 6.53. The van der Waals surface area contributed by atoms with Crippen LogP contribution in [-0.2, 0) is 4.79 Å². The summed E-state index contributed by atoms with van der Waals surface area (Å²) in [6, 6.07) is 3.92. The van der Waals surface area contributed by atoms with Crippen LogP contribution in [0.5, 0.6) is 0 Å². The highest BCUT2D eigenvalue weighted by Crippen LogP contribution is 2.27. The summed E-state index contributed by atoms with van der Waals surface area (Å²) in [7, 11) is 0. The minimum Gasteiger partial charge on any atom is -0.481 e. The van der Waals surface area contributed by atoms with Crippen LogP contribution in [0.2, 0.25) is 0 Å². The lowest BCUT2D eigenvalue weighted by molar-refractivity contribution is -0.139. The third-order valence-electron chi connectivity index (χ3n) is 3.50. The summed E-state index contributed by atoms with van der Waals surface area (Å²) >= 11 is 1.64. The predicted molar refractivity (Wildman–Crippen MR) is 77.7 cm³/mol. The Morgan fingerprint density at radius 3 is 2.70 bits per heavy atom. The van der Waals surface area contributed by atoms with Crippen LogP contribution < -0.4 is 5.32 Å². The van der Waals surface area contributed by atoms with Crippen molar-refractivity contribution < 1.29 is 14.7 Å². The monoisotopic (exact) mass is 296 g/mol. The molecule has 0 spiro atoms. The maximum absolute atomic E-state index is 12.1. The number of carbonyl (C=O) groups excluding carboxylic acids is 1. The second-order valence-electron chi connectivity index (χ2n) is 5.56. The van der Waals surface area contributed by atoms with Crippen LogP contribution in [0, 0.1) is 11.8 Å². The van der Waals surface area contributed by atoms with Gasteiger partial charge in [0.2, 0.25) is 0 Å². The molecule has 1 saturated heterocycles. The maximum Gasteiger partial charge on any atom is 0.317 e. The fourth-order valence-corrected chi connectivity index (χ4v) is 3.32. The molecule has 0 bridgehead atoms. The summed E-state index contributed by atoms with van der Waals surface area (Å²) in [6.45, 7) is 5.22. The van der Waals surface area contributed by atoms with Gasteiger partial charge in [-0.2, -0.15) is 0 Å². The van der Waals surface area contributed by atoms with Crippen molar-refractivity contribution in [1.29, 1.82) is 0 Å². The van der Waals surface area contributed by atoms with E-state index in [2.05, 4.69) is 19.2 Å². The summed E-state index contributed by atoms with van der Waals surface area (Å²) < 4.78 is 0. The largest absolute Gasteiger partial charge is 0.481 e. The van der Waals surface area contributed by atoms with E-state index in [4.69, 9.17) is 5.11 Å². The summed E-state index contributed by atoms with van der Waals surface area (Å²) in [6.07, 6.45) is 0.141. The molecular formula is C14H20N2O3S. The smallest absolute Gasteiger partial charge is 0.317 e. The molecular weight excluding hydrogens is 276 g/mol. The van der Waals surface area contributed by atoms with Crippen molar-refractivity contribution in [3.63, 3.8) is 0 Å². The molecule has 5 nitrogen and oxygen atoms in total. The summed E-state index contributed by atoms with van der Waals surface area (Å²) in [5, 5.41) is 13.7. The van der Waals surface area contributed by atoms with Crippen LogP contribution >= 0.6 is 11.3 Å². The third-order valence-corrected chi connectivity index (χ3v) is 4.46. The third kappa shape index (κ3) is 3.50. The van der Waals surface area contributed by atoms with Crippen LogP contribution in [0.4, 0.5) is 4.79 Å². The van der Waals surface area contributed by atoms with E-state index < -0.39 is 5.97 Å². The molecule has 1 fully saturated rings. The number of rotatable bonds is 5. The number of thiophene rings is 1. The van der Waals surface area contributed by atoms with Crippen molar-refractivity contribution in [3.05, 3.63) is 22.4 Å². The first kappa shape index (κ1) is 14.8. The van der Waals surface area contributed by atoms with E-state index in [9.17, 15) is 9.59 Å². The molecule has 2 heterocycles. The first-order valence-electron chi connectivity index (χ1n) is 6.78. The van der Waals surface area contributed by atoms with Gasteiger partial charge < -0.3 is 15.3 Å². The number of urea groups is 1. The first-order valence-corrected chi connectivity index (χ1v) is 7.66. The van der Waals surface area contributed by atoms with Crippen molar-refractivity contribution >= 4 is 23.3 Å². The molecule has 0 aromatic carbocycles. The van der Waals surface area contributed by atoms with Gasteiger partial charge in [0.15, 0.2) is 0 Å². The maximum atomic E-state index is 12.1. The van der Waals surface area contributed by atoms with Crippen molar-refractivity contribution in [2.45, 2.75) is 26.3 Å². The van der Waals surface area contributed by atoms with Crippen molar-refractivity contribution in [2.75, 3.05) is 13.1 Å². The number of carboxylic acids is 1. The summed E-state index contributed by atoms with van der Waals surface area (Å²) in [5.41, 5.74) is 0. The van der Waals surface area contributed by atoms with E-state index in [0.717, 1.165) is 4.88 Å². The van der Waals surface area contributed by atoms with Gasteiger partial charge in [0.1, 0.15) is 0 Å². The molecule has 1 aliphatic rings. The van der Waals surface area contributed by atoms with Crippen LogP contribution in [0.25, 0.3) is 0 Å². The lowest BCUT2D eigenvalue weighted by Gasteiger charge is -2.39. The molecule has 0 aliphatic carbocycles. The Bertz CT molecular complexity index is 467. The van der Waals surface area contributed by atoms with Gasteiger partial charge in [0.05, 0.1) is 12.5 Å². The molecule has 2 amide bonds. The van der Waals surface area contributed by atoms with E-state index in [1.807, 2.05) is 17.5 Å². The molecule has 110 valence electrons. The predicted octanol–water partition coefficient (Wildman–Crippen LogP) is 2.56. The number of carbonyl (C=O) groups is 2. The lowest BCUT2D eigenvalue weighted by Crippen LogP contribution is -2.55. The molecule has 1 aromatic rings. The van der Waals surface area contributed by atoms with Crippen LogP contribution in [0.1, 0.15) is 31.2 Å². The number of aliphatic carboxylic acids is 1. The van der Waals surface area contributed by atoms with Gasteiger partial charge >= 0.3 is 12.0 Å². The van der Waals surface area contributed by atoms with E-state index in [-0.39, 0.29) is 24.4 Å². The number of carboxylic acid groups (broad SMARTS) is 1. The highest BCUT2D eigenvalue weighted by molar-refractivity contribution is 7.10. The Hall–Kier alpha value is -1.56. The highest BCUT2D eigenvalue weighted by Gasteiger charge is 2.33. The van der Waals surface area contributed by atoms with E-state index in [0.29, 0.717) is 19.0 Å². The van der Waals surface area contributed by atoms with E-state index >= 15 is 0 Å². The van der Waals surface area contributed by atoms with Crippen molar-refractivity contribution in [1.82, 2.24) is 10.2 Å². The Kier molecular flexibility index (Phi) is 4.65. The molecule has 0 saturated carbocycles. The average Bonchev–Trinajstić information content (AvgIpc) is 2.82. The topological polar surface area (TPSA) is 69.6 Å². The molecule has 6 heteroatoms. The van der Waals surface area contributed by atoms with Gasteiger partial charge in [-0.15, -0.1) is 11.3 Å². The van der Waals surface area contributed by atoms with Gasteiger partial charge in [-0.25, -0.2) is 4.79 Å². The van der Waals surface area contributed by atoms with Gasteiger partial charge in [0.25, 0.3) is 0 Å². The molecule has 1 unspecified atom stereocenters. The highest BCUT2D eigenvalue weighted by atomic mass is 32.1. The Morgan fingerprint density at radius 2 is 2.20 bits per heavy atom. The van der Waals surface area contributed by atoms with Crippen LogP contribution in [-0.4, -0.2) is 35.1 Å². The Balaban J connectivity index is 1.86. The number of hydrogen-bond donors (Lipinski definition) is 2. The normalized spacial score (nSPS) is 16.9. The van der Waals surface area contributed by atoms with Crippen molar-refractivity contribution in [2.24, 2.45) is 11.8 Å². The SMILES string of the molecule is CC(C)C(NC(=O)N1CC(CC(=O)O)C1)c1cccs1. The van der Waals surface area contributed by atoms with Gasteiger partial charge in [-0.3, -0.25) is 4.79 Å². The number of hydrogen-bond acceptors (Lipinski definition) is 3. The molecule has 20 heavy (non-hydrogen) atoms. The quantitative estimate of drug-likeness (QED) is 0.877. The summed E-state index contributed by atoms with van der Waals surface area (Å²) in [4.78, 5) is 25.5. The molecule has 1 aromatic heterocycles. The zero-order valence-corrected chi connectivity index (χ0v) is 12.5. The number of amides is 2. The second kappa shape index (κ2) is 6.26. The molecule has 0 radical (unpaired) electrons. The number of nitrogens with one attached hydrogen (secondary N) is 1. The van der Waals surface area contributed by atoms with Crippen LogP contribution in [0.15, 0.2) is 17.5 Å². The van der Waals surface area contributed by atoms with Crippen molar-refractivity contribution in [3.8, 4) is 0 Å². The van der Waals surface area contributed by atoms with Gasteiger partial charge in [-0.1, -0.05) is 19.9 Å². The molecule has 1 atom stereocenters. The fraction of sp³-hybridized carbons (Fsp3) is 0.571. The Morgan fingerprint density at radius 1 is 1.50 bits per heavy atom. The molecule has 2 N–H and O–H groups in total. The van der Waals surface area contributed by atoms with Gasteiger partial charge in [0, 0.05) is 23.9 Å². The number of nitrogens with zero attached hydrogens (tertiary/aromatic N) is 1. The lowest BCUT2D eigenvalue weighted by atomic mass is 9.97. The average molecular weight is 296 g/mol. The first-order chi connectivity index (χ1) is 9.47. The fourth-order valence-electron chi connectivity index (χ4n) is 2.37. The molecule has 2 rings (SSSR count). The minimum atomic E-state index is -0.797. The molecule has 1 aliphatic heterocycles. The Labute approximate surface area is 122 Å².